The summed E-state index contributed by atoms with van der Waals surface area (Å²) < 4.78 is 9.31. The molecule has 0 atom stereocenters. The number of para-hydroxylation sites is 3. The number of aromatic nitrogens is 2. The SMILES string of the molecule is CC(C)c1ccccc1-c1cc(Oc2ccc3c4ccccc4n(-c4cc(C(C)(C)C)ccn4)c3c2)cc(N2CN(c3cccc(C(C)(C)c4ccccc4)c3)c3ccccc32)c1. The highest BCUT2D eigenvalue weighted by Crippen LogP contribution is 2.47. The summed E-state index contributed by atoms with van der Waals surface area (Å²) in [5, 5.41) is 2.34. The number of anilines is 4. The van der Waals surface area contributed by atoms with E-state index in [0.29, 0.717) is 12.6 Å². The molecule has 312 valence electrons. The van der Waals surface area contributed by atoms with Crippen molar-refractivity contribution in [2.24, 2.45) is 0 Å². The third-order valence-electron chi connectivity index (χ3n) is 12.9. The fourth-order valence-corrected chi connectivity index (χ4v) is 9.36. The van der Waals surface area contributed by atoms with Gasteiger partial charge in [-0.3, -0.25) is 4.57 Å². The number of pyridine rings is 1. The summed E-state index contributed by atoms with van der Waals surface area (Å²) in [4.78, 5) is 9.78. The van der Waals surface area contributed by atoms with E-state index in [1.54, 1.807) is 0 Å². The highest BCUT2D eigenvalue weighted by Gasteiger charge is 2.31. The molecule has 0 spiro atoms. The molecule has 3 heterocycles. The predicted octanol–water partition coefficient (Wildman–Crippen LogP) is 15.6. The van der Waals surface area contributed by atoms with E-state index >= 15 is 0 Å². The lowest BCUT2D eigenvalue weighted by Crippen LogP contribution is -2.25. The summed E-state index contributed by atoms with van der Waals surface area (Å²) in [7, 11) is 0. The number of benzene rings is 7. The third-order valence-corrected chi connectivity index (χ3v) is 12.9. The van der Waals surface area contributed by atoms with Crippen LogP contribution in [0.25, 0.3) is 38.8 Å². The van der Waals surface area contributed by atoms with Gasteiger partial charge in [0.05, 0.1) is 22.4 Å². The molecule has 9 aromatic rings. The fraction of sp³-hybridized carbons (Fsp3) is 0.190. The molecule has 0 radical (unpaired) electrons. The quantitative estimate of drug-likeness (QED) is 0.145. The molecule has 1 aliphatic rings. The first-order valence-electron chi connectivity index (χ1n) is 22.2. The average Bonchev–Trinajstić information content (AvgIpc) is 3.85. The van der Waals surface area contributed by atoms with Crippen LogP contribution in [0.4, 0.5) is 22.7 Å². The van der Waals surface area contributed by atoms with Gasteiger partial charge >= 0.3 is 0 Å². The molecule has 0 amide bonds. The smallest absolute Gasteiger partial charge is 0.137 e. The molecular formula is C58H54N4O. The minimum atomic E-state index is -0.162. The fourth-order valence-electron chi connectivity index (χ4n) is 9.36. The van der Waals surface area contributed by atoms with Gasteiger partial charge < -0.3 is 14.5 Å². The molecule has 10 rings (SSSR count). The van der Waals surface area contributed by atoms with E-state index in [2.05, 4.69) is 239 Å². The van der Waals surface area contributed by atoms with E-state index < -0.39 is 0 Å². The van der Waals surface area contributed by atoms with Gasteiger partial charge in [-0.1, -0.05) is 146 Å². The molecule has 1 aliphatic heterocycles. The van der Waals surface area contributed by atoms with Crippen molar-refractivity contribution in [2.75, 3.05) is 16.5 Å². The molecule has 2 aromatic heterocycles. The number of ether oxygens (including phenoxy) is 1. The van der Waals surface area contributed by atoms with Crippen LogP contribution in [0.3, 0.4) is 0 Å². The van der Waals surface area contributed by atoms with Crippen LogP contribution in [-0.2, 0) is 10.8 Å². The monoisotopic (exact) mass is 822 g/mol. The molecule has 0 saturated carbocycles. The minimum absolute atomic E-state index is 0.0160. The van der Waals surface area contributed by atoms with Crippen molar-refractivity contribution in [3.63, 3.8) is 0 Å². The lowest BCUT2D eigenvalue weighted by molar-refractivity contribution is 0.483. The van der Waals surface area contributed by atoms with Crippen molar-refractivity contribution in [1.29, 1.82) is 0 Å². The van der Waals surface area contributed by atoms with Crippen molar-refractivity contribution in [3.8, 4) is 28.4 Å². The van der Waals surface area contributed by atoms with Crippen molar-refractivity contribution >= 4 is 44.6 Å². The molecule has 0 saturated heterocycles. The summed E-state index contributed by atoms with van der Waals surface area (Å²) in [5.74, 6) is 2.78. The lowest BCUT2D eigenvalue weighted by atomic mass is 9.78. The third kappa shape index (κ3) is 7.31. The van der Waals surface area contributed by atoms with Crippen LogP contribution in [-0.4, -0.2) is 16.2 Å². The molecule has 5 heteroatoms. The number of nitrogens with zero attached hydrogens (tertiary/aromatic N) is 4. The second-order valence-electron chi connectivity index (χ2n) is 18.8. The van der Waals surface area contributed by atoms with Crippen molar-refractivity contribution in [1.82, 2.24) is 9.55 Å². The highest BCUT2D eigenvalue weighted by atomic mass is 16.5. The van der Waals surface area contributed by atoms with Crippen LogP contribution in [0.15, 0.2) is 182 Å². The van der Waals surface area contributed by atoms with Crippen LogP contribution >= 0.6 is 0 Å². The molecular weight excluding hydrogens is 769 g/mol. The zero-order valence-corrected chi connectivity index (χ0v) is 37.3. The summed E-state index contributed by atoms with van der Waals surface area (Å²) in [6, 6.07) is 63.5. The van der Waals surface area contributed by atoms with E-state index in [-0.39, 0.29) is 10.8 Å². The molecule has 5 nitrogen and oxygen atoms in total. The maximum absolute atomic E-state index is 7.03. The number of hydrogen-bond acceptors (Lipinski definition) is 4. The van der Waals surface area contributed by atoms with Gasteiger partial charge in [-0.2, -0.15) is 0 Å². The summed E-state index contributed by atoms with van der Waals surface area (Å²) in [5.41, 5.74) is 14.0. The normalized spacial score (nSPS) is 13.0. The standard InChI is InChI=1S/C58H54N4O/c1-39(2)48-22-11-12-23-49(48)40-32-45(61-38-60(53-26-15-16-27-54(53)61)44-21-17-20-43(34-44)58(6,7)41-18-9-8-10-19-41)36-47(33-40)63-46-28-29-51-50-24-13-14-25-52(50)62(55(51)37-46)56-35-42(30-31-59-56)57(3,4)5/h8-37,39H,38H2,1-7H3. The average molecular weight is 823 g/mol. The number of fused-ring (bicyclic) bond motifs is 4. The Hall–Kier alpha value is -7.11. The van der Waals surface area contributed by atoms with Gasteiger partial charge in [0.1, 0.15) is 24.0 Å². The maximum Gasteiger partial charge on any atom is 0.137 e. The van der Waals surface area contributed by atoms with E-state index in [1.165, 1.54) is 38.9 Å². The summed E-state index contributed by atoms with van der Waals surface area (Å²) in [6.07, 6.45) is 1.93. The maximum atomic E-state index is 7.03. The molecule has 0 bridgehead atoms. The van der Waals surface area contributed by atoms with Crippen LogP contribution in [0.2, 0.25) is 0 Å². The van der Waals surface area contributed by atoms with Crippen molar-refractivity contribution < 1.29 is 4.74 Å². The first kappa shape index (κ1) is 40.0. The lowest BCUT2D eigenvalue weighted by Gasteiger charge is -2.28. The Morgan fingerprint density at radius 1 is 0.524 bits per heavy atom. The predicted molar refractivity (Wildman–Crippen MR) is 264 cm³/mol. The van der Waals surface area contributed by atoms with Gasteiger partial charge in [0.15, 0.2) is 0 Å². The topological polar surface area (TPSA) is 33.5 Å². The highest BCUT2D eigenvalue weighted by molar-refractivity contribution is 6.09. The number of hydrogen-bond donors (Lipinski definition) is 0. The van der Waals surface area contributed by atoms with E-state index in [9.17, 15) is 0 Å². The molecule has 7 aromatic carbocycles. The second kappa shape index (κ2) is 15.7. The van der Waals surface area contributed by atoms with Gasteiger partial charge in [0, 0.05) is 45.9 Å². The largest absolute Gasteiger partial charge is 0.457 e. The Morgan fingerprint density at radius 3 is 1.98 bits per heavy atom. The zero-order valence-electron chi connectivity index (χ0n) is 37.3. The van der Waals surface area contributed by atoms with Gasteiger partial charge in [0.25, 0.3) is 0 Å². The van der Waals surface area contributed by atoms with Gasteiger partial charge in [-0.05, 0) is 111 Å². The Bertz CT molecular complexity index is 3140. The minimum Gasteiger partial charge on any atom is -0.457 e. The van der Waals surface area contributed by atoms with Crippen LogP contribution < -0.4 is 14.5 Å². The zero-order chi connectivity index (χ0) is 43.5. The van der Waals surface area contributed by atoms with E-state index in [4.69, 9.17) is 9.72 Å². The number of rotatable bonds is 9. The van der Waals surface area contributed by atoms with E-state index in [0.717, 1.165) is 56.4 Å². The Kier molecular flexibility index (Phi) is 9.94. The van der Waals surface area contributed by atoms with Gasteiger partial charge in [-0.15, -0.1) is 0 Å². The molecule has 0 N–H and O–H groups in total. The molecule has 0 fully saturated rings. The first-order valence-corrected chi connectivity index (χ1v) is 22.2. The molecule has 0 aliphatic carbocycles. The molecule has 63 heavy (non-hydrogen) atoms. The van der Waals surface area contributed by atoms with Gasteiger partial charge in [-0.25, -0.2) is 4.98 Å². The van der Waals surface area contributed by atoms with Crippen LogP contribution in [0.5, 0.6) is 11.5 Å². The summed E-state index contributed by atoms with van der Waals surface area (Å²) in [6.45, 7) is 16.5. The Morgan fingerprint density at radius 2 is 1.21 bits per heavy atom. The Balaban J connectivity index is 1.08. The summed E-state index contributed by atoms with van der Waals surface area (Å²) >= 11 is 0. The van der Waals surface area contributed by atoms with Crippen LogP contribution in [0.1, 0.15) is 76.6 Å². The first-order chi connectivity index (χ1) is 30.4. The second-order valence-corrected chi connectivity index (χ2v) is 18.8. The molecule has 0 unspecified atom stereocenters. The van der Waals surface area contributed by atoms with Crippen LogP contribution in [0, 0.1) is 0 Å². The van der Waals surface area contributed by atoms with Crippen molar-refractivity contribution in [2.45, 2.75) is 65.2 Å². The van der Waals surface area contributed by atoms with Crippen molar-refractivity contribution in [3.05, 3.63) is 204 Å². The van der Waals surface area contributed by atoms with E-state index in [1.807, 2.05) is 6.20 Å². The Labute approximate surface area is 371 Å². The van der Waals surface area contributed by atoms with Gasteiger partial charge in [0.2, 0.25) is 0 Å².